The lowest BCUT2D eigenvalue weighted by molar-refractivity contribution is -0.185. The Balaban J connectivity index is 1.81. The second kappa shape index (κ2) is 6.56. The van der Waals surface area contributed by atoms with Crippen molar-refractivity contribution in [2.75, 3.05) is 0 Å². The largest absolute Gasteiger partial charge is 0.451 e. The molecule has 4 nitrogen and oxygen atoms in total. The average Bonchev–Trinajstić information content (AvgIpc) is 2.90. The van der Waals surface area contributed by atoms with E-state index >= 15 is 0 Å². The Morgan fingerprint density at radius 2 is 1.79 bits per heavy atom. The molecule has 0 bridgehead atoms. The number of fused-ring (bicyclic) bond motifs is 5. The van der Waals surface area contributed by atoms with Gasteiger partial charge in [0.1, 0.15) is 0 Å². The van der Waals surface area contributed by atoms with Crippen LogP contribution in [0.1, 0.15) is 72.6 Å². The molecule has 0 N–H and O–H groups in total. The van der Waals surface area contributed by atoms with Gasteiger partial charge in [-0.25, -0.2) is 0 Å². The maximum atomic E-state index is 12.8. The van der Waals surface area contributed by atoms with E-state index < -0.39 is 21.9 Å². The van der Waals surface area contributed by atoms with Crippen molar-refractivity contribution in [3.63, 3.8) is 0 Å². The fourth-order valence-corrected chi connectivity index (χ4v) is 8.83. The molecule has 0 aromatic carbocycles. The number of hydrogen-bond acceptors (Lipinski definition) is 4. The van der Waals surface area contributed by atoms with Crippen molar-refractivity contribution >= 4 is 40.7 Å². The third kappa shape index (κ3) is 2.54. The first kappa shape index (κ1) is 21.4. The number of rotatable bonds is 2. The first-order valence-electron chi connectivity index (χ1n) is 10.7. The summed E-state index contributed by atoms with van der Waals surface area (Å²) in [6.07, 6.45) is 6.52. The van der Waals surface area contributed by atoms with Crippen LogP contribution in [0.2, 0.25) is 0 Å². The lowest BCUT2D eigenvalue weighted by Gasteiger charge is -2.64. The first-order chi connectivity index (χ1) is 13.4. The molecule has 0 heterocycles. The van der Waals surface area contributed by atoms with Crippen LogP contribution in [0.25, 0.3) is 0 Å². The Kier molecular flexibility index (Phi) is 4.83. The molecule has 6 heteroatoms. The van der Waals surface area contributed by atoms with Gasteiger partial charge in [-0.2, -0.15) is 0 Å². The molecule has 4 rings (SSSR count). The van der Waals surface area contributed by atoms with Crippen LogP contribution in [0, 0.1) is 22.7 Å². The van der Waals surface area contributed by atoms with Gasteiger partial charge >= 0.3 is 5.97 Å². The van der Waals surface area contributed by atoms with Gasteiger partial charge in [-0.3, -0.25) is 14.4 Å². The Labute approximate surface area is 182 Å². The zero-order chi connectivity index (χ0) is 21.4. The molecule has 0 unspecified atom stereocenters. The predicted molar refractivity (Wildman–Crippen MR) is 112 cm³/mol. The number of carbonyl (C=O) groups excluding carboxylic acids is 3. The molecule has 4 aliphatic carbocycles. The highest BCUT2D eigenvalue weighted by molar-refractivity contribution is 6.33. The van der Waals surface area contributed by atoms with Gasteiger partial charge in [0.2, 0.25) is 0 Å². The summed E-state index contributed by atoms with van der Waals surface area (Å²) in [4.78, 5) is 36.2. The van der Waals surface area contributed by atoms with Crippen molar-refractivity contribution in [1.82, 2.24) is 0 Å². The summed E-state index contributed by atoms with van der Waals surface area (Å²) in [5, 5.41) is -0.385. The van der Waals surface area contributed by atoms with Gasteiger partial charge in [0.25, 0.3) is 0 Å². The van der Waals surface area contributed by atoms with Crippen LogP contribution in [0.4, 0.5) is 0 Å². The van der Waals surface area contributed by atoms with Crippen LogP contribution in [-0.4, -0.2) is 33.4 Å². The molecule has 0 aliphatic heterocycles. The van der Waals surface area contributed by atoms with E-state index in [2.05, 4.69) is 13.8 Å². The van der Waals surface area contributed by atoms with Gasteiger partial charge in [-0.05, 0) is 63.4 Å². The monoisotopic (exact) mass is 440 g/mol. The molecule has 160 valence electrons. The van der Waals surface area contributed by atoms with E-state index in [-0.39, 0.29) is 34.2 Å². The maximum absolute atomic E-state index is 12.8. The zero-order valence-corrected chi connectivity index (χ0v) is 19.2. The molecule has 0 amide bonds. The summed E-state index contributed by atoms with van der Waals surface area (Å²) in [7, 11) is 0. The number of Topliss-reactive ketones (excluding diaryl/α,β-unsaturated/α-hetero) is 1. The highest BCUT2D eigenvalue weighted by Crippen LogP contribution is 2.72. The van der Waals surface area contributed by atoms with Gasteiger partial charge in [-0.1, -0.05) is 19.4 Å². The molecule has 0 radical (unpaired) electrons. The lowest BCUT2D eigenvalue weighted by Crippen LogP contribution is -2.68. The van der Waals surface area contributed by atoms with Crippen LogP contribution in [0.5, 0.6) is 0 Å². The fraction of sp³-hybridized carbons (Fsp3) is 0.783. The number of esters is 1. The molecule has 4 aliphatic rings. The Morgan fingerprint density at radius 1 is 1.10 bits per heavy atom. The summed E-state index contributed by atoms with van der Waals surface area (Å²) >= 11 is 14.6. The van der Waals surface area contributed by atoms with Gasteiger partial charge < -0.3 is 4.74 Å². The molecule has 0 spiro atoms. The van der Waals surface area contributed by atoms with Crippen LogP contribution in [-0.2, 0) is 19.1 Å². The minimum atomic E-state index is -1.13. The summed E-state index contributed by atoms with van der Waals surface area (Å²) in [5.74, 6) is -0.0990. The molecule has 0 saturated heterocycles. The van der Waals surface area contributed by atoms with Crippen molar-refractivity contribution in [3.05, 3.63) is 11.6 Å². The van der Waals surface area contributed by atoms with Crippen molar-refractivity contribution < 1.29 is 19.1 Å². The SMILES string of the molecule is CC(=O)O[C@]1(C(C)=O)CC[C@@H]2[C@@H]3CCC4=CC(=O)CC[C@]4(C)[C@@]3(Cl)[C@H](Cl)C[C@@]21C. The number of allylic oxidation sites excluding steroid dienone is 1. The van der Waals surface area contributed by atoms with Crippen molar-refractivity contribution in [1.29, 1.82) is 0 Å². The number of ketones is 2. The quantitative estimate of drug-likeness (QED) is 0.448. The third-order valence-corrected chi connectivity index (χ3v) is 10.6. The van der Waals surface area contributed by atoms with E-state index in [1.54, 1.807) is 6.08 Å². The number of carbonyl (C=O) groups is 3. The predicted octanol–water partition coefficient (Wildman–Crippen LogP) is 4.99. The molecule has 0 aromatic rings. The summed E-state index contributed by atoms with van der Waals surface area (Å²) in [6, 6.07) is 0. The van der Waals surface area contributed by atoms with E-state index in [0.717, 1.165) is 24.8 Å². The van der Waals surface area contributed by atoms with E-state index in [0.29, 0.717) is 25.7 Å². The number of hydrogen-bond donors (Lipinski definition) is 0. The highest BCUT2D eigenvalue weighted by Gasteiger charge is 2.74. The second-order valence-electron chi connectivity index (χ2n) is 10.1. The molecular weight excluding hydrogens is 411 g/mol. The minimum Gasteiger partial charge on any atom is -0.451 e. The molecule has 7 atom stereocenters. The molecular formula is C23H30Cl2O4. The van der Waals surface area contributed by atoms with E-state index in [4.69, 9.17) is 27.9 Å². The van der Waals surface area contributed by atoms with Gasteiger partial charge in [-0.15, -0.1) is 23.2 Å². The van der Waals surface area contributed by atoms with Crippen LogP contribution >= 0.6 is 23.2 Å². The lowest BCUT2D eigenvalue weighted by atomic mass is 9.45. The van der Waals surface area contributed by atoms with Crippen molar-refractivity contribution in [2.24, 2.45) is 22.7 Å². The number of alkyl halides is 2. The third-order valence-electron chi connectivity index (χ3n) is 9.01. The molecule has 29 heavy (non-hydrogen) atoms. The Morgan fingerprint density at radius 3 is 2.41 bits per heavy atom. The number of halogens is 2. The van der Waals surface area contributed by atoms with E-state index in [9.17, 15) is 14.4 Å². The first-order valence-corrected chi connectivity index (χ1v) is 11.5. The topological polar surface area (TPSA) is 60.4 Å². The van der Waals surface area contributed by atoms with Gasteiger partial charge in [0, 0.05) is 24.2 Å². The Hall–Kier alpha value is -0.870. The molecule has 0 aromatic heterocycles. The highest BCUT2D eigenvalue weighted by atomic mass is 35.5. The second-order valence-corrected chi connectivity index (χ2v) is 11.2. The summed E-state index contributed by atoms with van der Waals surface area (Å²) < 4.78 is 5.79. The van der Waals surface area contributed by atoms with Crippen LogP contribution in [0.15, 0.2) is 11.6 Å². The zero-order valence-electron chi connectivity index (χ0n) is 17.6. The average molecular weight is 441 g/mol. The normalized spacial score (nSPS) is 48.8. The fourth-order valence-electron chi connectivity index (χ4n) is 7.56. The number of ether oxygens (including phenoxy) is 1. The van der Waals surface area contributed by atoms with Crippen molar-refractivity contribution in [2.45, 2.75) is 88.5 Å². The minimum absolute atomic E-state index is 0.102. The molecule has 3 fully saturated rings. The Bertz CT molecular complexity index is 822. The summed E-state index contributed by atoms with van der Waals surface area (Å²) in [6.45, 7) is 7.13. The standard InChI is InChI=1S/C23H30Cl2O4/c1-13(26)22(29-14(2)27)10-8-17-18-6-5-15-11-16(28)7-9-20(15,3)23(18,25)19(24)12-21(17,22)4/h11,17-19H,5-10,12H2,1-4H3/t17-,18+,19-,20+,21+,22+,23+/m1/s1. The van der Waals surface area contributed by atoms with Crippen molar-refractivity contribution in [3.8, 4) is 0 Å². The smallest absolute Gasteiger partial charge is 0.303 e. The van der Waals surface area contributed by atoms with Crippen LogP contribution < -0.4 is 0 Å². The van der Waals surface area contributed by atoms with Gasteiger partial charge in [0.05, 0.1) is 10.3 Å². The molecule has 3 saturated carbocycles. The summed E-state index contributed by atoms with van der Waals surface area (Å²) in [5.41, 5.74) is -0.872. The van der Waals surface area contributed by atoms with E-state index in [1.807, 2.05) is 0 Å². The van der Waals surface area contributed by atoms with E-state index in [1.165, 1.54) is 13.8 Å². The maximum Gasteiger partial charge on any atom is 0.303 e. The van der Waals surface area contributed by atoms with Gasteiger partial charge in [0.15, 0.2) is 17.2 Å². The van der Waals surface area contributed by atoms with Crippen LogP contribution in [0.3, 0.4) is 0 Å².